The van der Waals surface area contributed by atoms with Crippen LogP contribution in [0.1, 0.15) is 22.0 Å². The number of hydrogen-bond acceptors (Lipinski definition) is 5. The van der Waals surface area contributed by atoms with Crippen LogP contribution in [0.5, 0.6) is 0 Å². The number of amides is 3. The van der Waals surface area contributed by atoms with Crippen LogP contribution in [0.4, 0.5) is 16.2 Å². The van der Waals surface area contributed by atoms with E-state index >= 15 is 0 Å². The molecule has 0 bridgehead atoms. The third-order valence-corrected chi connectivity index (χ3v) is 4.83. The van der Waals surface area contributed by atoms with Crippen LogP contribution < -0.4 is 10.6 Å². The lowest BCUT2D eigenvalue weighted by Crippen LogP contribution is -2.37. The predicted molar refractivity (Wildman–Crippen MR) is 122 cm³/mol. The van der Waals surface area contributed by atoms with E-state index in [2.05, 4.69) is 28.2 Å². The Morgan fingerprint density at radius 2 is 1.35 bits per heavy atom. The average Bonchev–Trinajstić information content (AvgIpc) is 2.80. The van der Waals surface area contributed by atoms with Crippen molar-refractivity contribution in [3.8, 4) is 0 Å². The lowest BCUT2D eigenvalue weighted by molar-refractivity contribution is -0.119. The van der Waals surface area contributed by atoms with Crippen LogP contribution in [-0.2, 0) is 9.53 Å². The van der Waals surface area contributed by atoms with Crippen molar-refractivity contribution in [1.29, 1.82) is 0 Å². The number of benzene rings is 3. The van der Waals surface area contributed by atoms with Gasteiger partial charge in [-0.15, -0.1) is 0 Å². The molecule has 3 aromatic rings. The third kappa shape index (κ3) is 5.64. The molecule has 2 N–H and O–H groups in total. The largest absolute Gasteiger partial charge is 0.465 e. The van der Waals surface area contributed by atoms with E-state index in [1.165, 1.54) is 19.2 Å². The van der Waals surface area contributed by atoms with E-state index < -0.39 is 23.9 Å². The Balaban J connectivity index is 1.79. The molecule has 0 saturated heterocycles. The number of methoxy groups -OCH3 is 1. The maximum absolute atomic E-state index is 13.0. The maximum Gasteiger partial charge on any atom is 0.337 e. The minimum Gasteiger partial charge on any atom is -0.465 e. The number of hydrogen-bond donors (Lipinski definition) is 3. The number of carbonyl (C=O) groups is 3. The first kappa shape index (κ1) is 21.9. The van der Waals surface area contributed by atoms with Crippen LogP contribution in [-0.4, -0.2) is 29.3 Å². The number of ether oxygens (including phenoxy) is 1. The fourth-order valence-electron chi connectivity index (χ4n) is 2.88. The lowest BCUT2D eigenvalue weighted by Gasteiger charge is -2.26. The number of thiol groups is 1. The van der Waals surface area contributed by atoms with Gasteiger partial charge in [0.1, 0.15) is 6.04 Å². The number of carbonyl (C=O) groups excluding carboxylic acids is 3. The van der Waals surface area contributed by atoms with E-state index in [1.54, 1.807) is 60.7 Å². The first-order valence-corrected chi connectivity index (χ1v) is 9.78. The summed E-state index contributed by atoms with van der Waals surface area (Å²) in [6.07, 6.45) is 0. The number of urea groups is 1. The van der Waals surface area contributed by atoms with Crippen LogP contribution in [0, 0.1) is 0 Å². The van der Waals surface area contributed by atoms with Gasteiger partial charge in [0.15, 0.2) is 0 Å². The number of nitrogens with one attached hydrogen (secondary N) is 2. The molecule has 31 heavy (non-hydrogen) atoms. The average molecular weight is 436 g/mol. The second-order valence-electron chi connectivity index (χ2n) is 6.51. The second kappa shape index (κ2) is 10.3. The van der Waals surface area contributed by atoms with Gasteiger partial charge in [0.2, 0.25) is 0 Å². The van der Waals surface area contributed by atoms with E-state index in [1.807, 2.05) is 12.1 Å². The molecule has 7 nitrogen and oxygen atoms in total. The molecule has 0 aliphatic rings. The summed E-state index contributed by atoms with van der Waals surface area (Å²) in [4.78, 5) is 37.4. The molecule has 1 atom stereocenters. The van der Waals surface area contributed by atoms with Crippen molar-refractivity contribution in [1.82, 2.24) is 4.31 Å². The minimum atomic E-state index is -0.987. The van der Waals surface area contributed by atoms with Gasteiger partial charge in [0.25, 0.3) is 5.91 Å². The van der Waals surface area contributed by atoms with Crippen molar-refractivity contribution in [2.75, 3.05) is 17.7 Å². The van der Waals surface area contributed by atoms with Gasteiger partial charge in [-0.05, 0) is 42.0 Å². The molecular weight excluding hydrogens is 414 g/mol. The van der Waals surface area contributed by atoms with Crippen LogP contribution in [0.25, 0.3) is 0 Å². The molecule has 158 valence electrons. The Hall–Kier alpha value is -3.78. The van der Waals surface area contributed by atoms with Crippen molar-refractivity contribution in [2.24, 2.45) is 0 Å². The van der Waals surface area contributed by atoms with Gasteiger partial charge >= 0.3 is 12.0 Å². The topological polar surface area (TPSA) is 87.7 Å². The fourth-order valence-corrected chi connectivity index (χ4v) is 3.16. The Morgan fingerprint density at radius 1 is 0.806 bits per heavy atom. The number of nitrogens with zero attached hydrogens (tertiary/aromatic N) is 1. The smallest absolute Gasteiger partial charge is 0.337 e. The highest BCUT2D eigenvalue weighted by Crippen LogP contribution is 2.26. The highest BCUT2D eigenvalue weighted by molar-refractivity contribution is 7.78. The van der Waals surface area contributed by atoms with Crippen molar-refractivity contribution in [2.45, 2.75) is 6.04 Å². The Morgan fingerprint density at radius 3 is 1.94 bits per heavy atom. The molecule has 0 aliphatic carbocycles. The summed E-state index contributed by atoms with van der Waals surface area (Å²) in [5.74, 6) is -0.890. The number of rotatable bonds is 6. The first-order valence-electron chi connectivity index (χ1n) is 9.38. The molecule has 3 amide bonds. The predicted octanol–water partition coefficient (Wildman–Crippen LogP) is 4.53. The van der Waals surface area contributed by atoms with Crippen molar-refractivity contribution in [3.05, 3.63) is 96.1 Å². The van der Waals surface area contributed by atoms with Crippen LogP contribution >= 0.6 is 12.8 Å². The highest BCUT2D eigenvalue weighted by Gasteiger charge is 2.30. The van der Waals surface area contributed by atoms with Crippen LogP contribution in [0.15, 0.2) is 84.9 Å². The zero-order valence-corrected chi connectivity index (χ0v) is 17.6. The summed E-state index contributed by atoms with van der Waals surface area (Å²) in [5, 5.41) is 5.48. The lowest BCUT2D eigenvalue weighted by atomic mass is 10.1. The maximum atomic E-state index is 13.0. The quantitative estimate of drug-likeness (QED) is 0.392. The number of para-hydroxylation sites is 1. The first-order chi connectivity index (χ1) is 15.0. The summed E-state index contributed by atoms with van der Waals surface area (Å²) in [7, 11) is 1.29. The molecule has 0 saturated carbocycles. The molecule has 0 spiro atoms. The molecule has 3 rings (SSSR count). The molecule has 0 aliphatic heterocycles. The molecular formula is C23H21N3O4S. The molecule has 1 unspecified atom stereocenters. The Labute approximate surface area is 185 Å². The molecule has 0 aromatic heterocycles. The molecule has 0 fully saturated rings. The zero-order chi connectivity index (χ0) is 22.2. The zero-order valence-electron chi connectivity index (χ0n) is 16.7. The molecule has 0 heterocycles. The van der Waals surface area contributed by atoms with Gasteiger partial charge < -0.3 is 15.4 Å². The van der Waals surface area contributed by atoms with Gasteiger partial charge in [-0.25, -0.2) is 9.59 Å². The summed E-state index contributed by atoms with van der Waals surface area (Å²) in [6.45, 7) is 0. The van der Waals surface area contributed by atoms with E-state index in [4.69, 9.17) is 0 Å². The highest BCUT2D eigenvalue weighted by atomic mass is 32.1. The van der Waals surface area contributed by atoms with Crippen molar-refractivity contribution < 1.29 is 19.1 Å². The third-order valence-electron chi connectivity index (χ3n) is 4.41. The standard InChI is InChI=1S/C23H21N3O4S/c1-30-22(28)17-12-14-19(15-13-17)25-23(29)26(31)20(16-8-4-2-5-9-16)21(27)24-18-10-6-3-7-11-18/h2-15,20,31H,1H3,(H,24,27)(H,25,29). The molecule has 0 radical (unpaired) electrons. The number of anilines is 2. The minimum absolute atomic E-state index is 0.354. The van der Waals surface area contributed by atoms with E-state index in [9.17, 15) is 14.4 Å². The van der Waals surface area contributed by atoms with E-state index in [-0.39, 0.29) is 0 Å². The summed E-state index contributed by atoms with van der Waals surface area (Å²) in [6, 6.07) is 22.4. The molecule has 8 heteroatoms. The summed E-state index contributed by atoms with van der Waals surface area (Å²) in [5.41, 5.74) is 2.00. The van der Waals surface area contributed by atoms with Crippen molar-refractivity contribution >= 4 is 42.1 Å². The normalized spacial score (nSPS) is 11.2. The van der Waals surface area contributed by atoms with Gasteiger partial charge in [-0.3, -0.25) is 9.10 Å². The SMILES string of the molecule is COC(=O)c1ccc(NC(=O)N(S)C(C(=O)Nc2ccccc2)c2ccccc2)cc1. The van der Waals surface area contributed by atoms with Gasteiger partial charge in [0, 0.05) is 11.4 Å². The van der Waals surface area contributed by atoms with Gasteiger partial charge in [-0.2, -0.15) is 0 Å². The summed E-state index contributed by atoms with van der Waals surface area (Å²) >= 11 is 4.32. The van der Waals surface area contributed by atoms with Gasteiger partial charge in [-0.1, -0.05) is 61.3 Å². The Kier molecular flexibility index (Phi) is 7.29. The Bertz CT molecular complexity index is 1040. The number of esters is 1. The van der Waals surface area contributed by atoms with Crippen LogP contribution in [0.2, 0.25) is 0 Å². The molecule has 3 aromatic carbocycles. The van der Waals surface area contributed by atoms with E-state index in [0.29, 0.717) is 22.5 Å². The van der Waals surface area contributed by atoms with Crippen LogP contribution in [0.3, 0.4) is 0 Å². The fraction of sp³-hybridized carbons (Fsp3) is 0.0870. The van der Waals surface area contributed by atoms with Crippen molar-refractivity contribution in [3.63, 3.8) is 0 Å². The monoisotopic (exact) mass is 435 g/mol. The summed E-state index contributed by atoms with van der Waals surface area (Å²) < 4.78 is 5.69. The second-order valence-corrected chi connectivity index (χ2v) is 6.94. The van der Waals surface area contributed by atoms with Gasteiger partial charge in [0.05, 0.1) is 12.7 Å². The van der Waals surface area contributed by atoms with E-state index in [0.717, 1.165) is 4.31 Å².